The molecule has 0 aromatic carbocycles. The molecule has 0 aromatic heterocycles. The van der Waals surface area contributed by atoms with Gasteiger partial charge in [0.15, 0.2) is 1.47 Å². The van der Waals surface area contributed by atoms with E-state index < -0.39 is 0 Å². The van der Waals surface area contributed by atoms with Gasteiger partial charge < -0.3 is 0 Å². The van der Waals surface area contributed by atoms with E-state index in [4.69, 9.17) is 0 Å². The van der Waals surface area contributed by atoms with Crippen LogP contribution >= 0.6 is 60.4 Å². The summed E-state index contributed by atoms with van der Waals surface area (Å²) in [4.78, 5) is 0. The van der Waals surface area contributed by atoms with Crippen molar-refractivity contribution in [2.24, 2.45) is 0 Å². The summed E-state index contributed by atoms with van der Waals surface area (Å²) in [5.41, 5.74) is 0. The number of alkyl halides is 3. The lowest BCUT2D eigenvalue weighted by atomic mass is 11.9. The molecule has 0 unspecified atom stereocenters. The van der Waals surface area contributed by atoms with E-state index in [0.717, 1.165) is 0 Å². The second-order valence-corrected chi connectivity index (χ2v) is 9.74. The molecule has 0 spiro atoms. The minimum absolute atomic E-state index is 0.368. The van der Waals surface area contributed by atoms with Crippen molar-refractivity contribution in [3.63, 3.8) is 0 Å². The third-order valence-corrected chi connectivity index (χ3v) is 0. The van der Waals surface area contributed by atoms with Gasteiger partial charge in [-0.1, -0.05) is 0 Å². The van der Waals surface area contributed by atoms with Crippen LogP contribution in [0.3, 0.4) is 0 Å². The Morgan fingerprint density at radius 2 is 1.20 bits per heavy atom. The minimum Gasteiger partial charge on any atom is -0.138 e. The summed E-state index contributed by atoms with van der Waals surface area (Å²) in [6.07, 6.45) is 0. The summed E-state index contributed by atoms with van der Waals surface area (Å²) in [6.45, 7) is 0. The molecule has 0 heterocycles. The number of rotatable bonds is 0. The van der Waals surface area contributed by atoms with E-state index in [-0.39, 0.29) is 1.47 Å². The maximum atomic E-state index is 3.87. The Labute approximate surface area is 61.5 Å². The Morgan fingerprint density at radius 1 is 1.20 bits per heavy atom. The van der Waals surface area contributed by atoms with Crippen LogP contribution in [-0.2, 0) is 0 Å². The first-order valence-corrected chi connectivity index (χ1v) is 3.62. The quantitative estimate of drug-likeness (QED) is 0.513. The molecule has 5 heavy (non-hydrogen) atoms. The molecular weight excluding hydrogens is 284 g/mol. The highest BCUT2D eigenvalue weighted by Gasteiger charge is 2.06. The first-order chi connectivity index (χ1) is 2.00. The largest absolute Gasteiger partial charge is 0.177 e. The molecular formula is CHBr3S. The molecule has 0 aliphatic heterocycles. The molecule has 0 rings (SSSR count). The molecule has 0 radical (unpaired) electrons. The third-order valence-electron chi connectivity index (χ3n) is 0. The van der Waals surface area contributed by atoms with Gasteiger partial charge in [-0.3, -0.25) is 0 Å². The molecule has 0 bridgehead atoms. The zero-order chi connectivity index (χ0) is 4.50. The Hall–Kier alpha value is 1.79. The van der Waals surface area contributed by atoms with Crippen LogP contribution in [0.15, 0.2) is 0 Å². The Bertz CT molecular complexity index is 22.4. The zero-order valence-electron chi connectivity index (χ0n) is 2.08. The van der Waals surface area contributed by atoms with E-state index in [2.05, 4.69) is 60.4 Å². The number of halogens is 3. The van der Waals surface area contributed by atoms with Crippen LogP contribution in [0.25, 0.3) is 0 Å². The Balaban J connectivity index is 3.02. The highest BCUT2D eigenvalue weighted by Crippen LogP contribution is 2.36. The fourth-order valence-electron chi connectivity index (χ4n) is 0. The van der Waals surface area contributed by atoms with Gasteiger partial charge in [0.05, 0.1) is 0 Å². The van der Waals surface area contributed by atoms with E-state index in [1.54, 1.807) is 0 Å². The molecule has 0 nitrogen and oxygen atoms in total. The van der Waals surface area contributed by atoms with E-state index in [9.17, 15) is 0 Å². The highest BCUT2D eigenvalue weighted by atomic mass is 80.0. The SMILES string of the molecule is SC(Br)(Br)Br. The molecule has 0 aliphatic rings. The van der Waals surface area contributed by atoms with Gasteiger partial charge in [-0.2, -0.15) is 0 Å². The fourth-order valence-corrected chi connectivity index (χ4v) is 0. The smallest absolute Gasteiger partial charge is 0.138 e. The lowest BCUT2D eigenvalue weighted by Gasteiger charge is -1.95. The van der Waals surface area contributed by atoms with Gasteiger partial charge in [-0.05, 0) is 47.8 Å². The van der Waals surface area contributed by atoms with Crippen molar-refractivity contribution in [3.8, 4) is 0 Å². The lowest BCUT2D eigenvalue weighted by Crippen LogP contribution is -1.77. The molecule has 0 aromatic rings. The van der Waals surface area contributed by atoms with Crippen molar-refractivity contribution >= 4 is 60.4 Å². The minimum atomic E-state index is -0.368. The summed E-state index contributed by atoms with van der Waals surface area (Å²) in [5.74, 6) is 0. The zero-order valence-corrected chi connectivity index (χ0v) is 7.73. The van der Waals surface area contributed by atoms with Gasteiger partial charge >= 0.3 is 0 Å². The van der Waals surface area contributed by atoms with Gasteiger partial charge in [0.25, 0.3) is 0 Å². The first kappa shape index (κ1) is 6.79. The monoisotopic (exact) mass is 282 g/mol. The summed E-state index contributed by atoms with van der Waals surface area (Å²) >= 11 is 13.1. The van der Waals surface area contributed by atoms with E-state index >= 15 is 0 Å². The van der Waals surface area contributed by atoms with Crippen molar-refractivity contribution in [2.75, 3.05) is 0 Å². The maximum Gasteiger partial charge on any atom is 0.177 e. The Kier molecular flexibility index (Phi) is 2.97. The fraction of sp³-hybridized carbons (Fsp3) is 1.00. The topological polar surface area (TPSA) is 0 Å². The van der Waals surface area contributed by atoms with Crippen LogP contribution < -0.4 is 0 Å². The van der Waals surface area contributed by atoms with E-state index in [1.165, 1.54) is 0 Å². The molecule has 0 saturated carbocycles. The maximum absolute atomic E-state index is 3.87. The normalized spacial score (nSPS) is 12.0. The van der Waals surface area contributed by atoms with Crippen molar-refractivity contribution < 1.29 is 0 Å². The molecule has 0 aliphatic carbocycles. The molecule has 0 saturated heterocycles. The predicted octanol–water partition coefficient (Wildman–Crippen LogP) is 2.71. The average molecular weight is 285 g/mol. The van der Waals surface area contributed by atoms with Gasteiger partial charge in [-0.15, -0.1) is 12.6 Å². The predicted molar refractivity (Wildman–Crippen MR) is 38.5 cm³/mol. The van der Waals surface area contributed by atoms with Gasteiger partial charge in [0.2, 0.25) is 0 Å². The first-order valence-electron chi connectivity index (χ1n) is 0.791. The van der Waals surface area contributed by atoms with E-state index in [0.29, 0.717) is 0 Å². The number of hydrogen-bond donors (Lipinski definition) is 1. The van der Waals surface area contributed by atoms with Gasteiger partial charge in [0, 0.05) is 0 Å². The summed E-state index contributed by atoms with van der Waals surface area (Å²) in [5, 5.41) is 0. The molecule has 0 amide bonds. The van der Waals surface area contributed by atoms with Crippen molar-refractivity contribution in [2.45, 2.75) is 1.47 Å². The number of thiol groups is 1. The second-order valence-electron chi connectivity index (χ2n) is 0.468. The van der Waals surface area contributed by atoms with Crippen LogP contribution in [0.4, 0.5) is 0 Å². The van der Waals surface area contributed by atoms with E-state index in [1.807, 2.05) is 0 Å². The Morgan fingerprint density at radius 3 is 1.20 bits per heavy atom. The van der Waals surface area contributed by atoms with Crippen LogP contribution in [0.5, 0.6) is 0 Å². The molecule has 32 valence electrons. The van der Waals surface area contributed by atoms with Crippen LogP contribution in [-0.4, -0.2) is 1.47 Å². The summed E-state index contributed by atoms with van der Waals surface area (Å²) in [6, 6.07) is 0. The van der Waals surface area contributed by atoms with Crippen LogP contribution in [0, 0.1) is 0 Å². The summed E-state index contributed by atoms with van der Waals surface area (Å²) < 4.78 is -0.368. The van der Waals surface area contributed by atoms with Crippen molar-refractivity contribution in [1.82, 2.24) is 0 Å². The molecule has 0 fully saturated rings. The summed E-state index contributed by atoms with van der Waals surface area (Å²) in [7, 11) is 0. The number of hydrogen-bond acceptors (Lipinski definition) is 1. The molecule has 0 N–H and O–H groups in total. The van der Waals surface area contributed by atoms with Crippen molar-refractivity contribution in [3.05, 3.63) is 0 Å². The van der Waals surface area contributed by atoms with Crippen molar-refractivity contribution in [1.29, 1.82) is 0 Å². The van der Waals surface area contributed by atoms with Crippen LogP contribution in [0.2, 0.25) is 0 Å². The molecule has 4 heteroatoms. The second kappa shape index (κ2) is 2.19. The van der Waals surface area contributed by atoms with Gasteiger partial charge in [0.1, 0.15) is 0 Å². The standard InChI is InChI=1S/CHBr3S/c2-1(3,4)5/h5H. The highest BCUT2D eigenvalue weighted by molar-refractivity contribution is 9.42. The van der Waals surface area contributed by atoms with Crippen LogP contribution in [0.1, 0.15) is 0 Å². The molecule has 0 atom stereocenters. The third kappa shape index (κ3) is 26.0. The average Bonchev–Trinajstić information content (AvgIpc) is 0.722. The lowest BCUT2D eigenvalue weighted by molar-refractivity contribution is 2.11. The van der Waals surface area contributed by atoms with Gasteiger partial charge in [-0.25, -0.2) is 0 Å².